The quantitative estimate of drug-likeness (QED) is 0.781. The Kier molecular flexibility index (Phi) is 4.56. The summed E-state index contributed by atoms with van der Waals surface area (Å²) in [5.41, 5.74) is 6.61. The number of aromatic amines is 1. The number of carbonyl (C=O) groups excluding carboxylic acids is 1. The zero-order valence-corrected chi connectivity index (χ0v) is 15.1. The van der Waals surface area contributed by atoms with E-state index in [-0.39, 0.29) is 18.2 Å². The number of anilines is 1. The lowest BCUT2D eigenvalue weighted by Crippen LogP contribution is -2.44. The summed E-state index contributed by atoms with van der Waals surface area (Å²) in [5.74, 6) is 0.806. The molecular formula is C19H27N5O2. The number of aromatic nitrogens is 3. The van der Waals surface area contributed by atoms with Gasteiger partial charge in [0.1, 0.15) is 5.82 Å². The lowest BCUT2D eigenvalue weighted by molar-refractivity contribution is -0.139. The number of carbonyl (C=O) groups is 1. The van der Waals surface area contributed by atoms with Crippen LogP contribution < -0.4 is 5.73 Å². The van der Waals surface area contributed by atoms with Crippen molar-refractivity contribution in [3.8, 4) is 0 Å². The summed E-state index contributed by atoms with van der Waals surface area (Å²) in [7, 11) is 0. The summed E-state index contributed by atoms with van der Waals surface area (Å²) in [6.45, 7) is 1.43. The zero-order chi connectivity index (χ0) is 18.1. The molecule has 3 heterocycles. The fourth-order valence-electron chi connectivity index (χ4n) is 4.38. The van der Waals surface area contributed by atoms with Crippen LogP contribution in [0.4, 0.5) is 5.82 Å². The fourth-order valence-corrected chi connectivity index (χ4v) is 4.38. The molecule has 4 N–H and O–H groups in total. The molecule has 1 aliphatic carbocycles. The minimum Gasteiger partial charge on any atom is -0.389 e. The molecule has 0 spiro atoms. The molecule has 26 heavy (non-hydrogen) atoms. The molecule has 1 saturated heterocycles. The summed E-state index contributed by atoms with van der Waals surface area (Å²) in [5, 5.41) is 18.4. The van der Waals surface area contributed by atoms with E-state index in [0.717, 1.165) is 62.6 Å². The molecule has 2 aromatic heterocycles. The van der Waals surface area contributed by atoms with E-state index in [4.69, 9.17) is 5.73 Å². The summed E-state index contributed by atoms with van der Waals surface area (Å²) in [4.78, 5) is 19.3. The Morgan fingerprint density at radius 1 is 1.31 bits per heavy atom. The van der Waals surface area contributed by atoms with E-state index >= 15 is 0 Å². The third kappa shape index (κ3) is 3.40. The molecule has 2 fully saturated rings. The molecule has 1 atom stereocenters. The lowest BCUT2D eigenvalue weighted by atomic mass is 9.82. The van der Waals surface area contributed by atoms with Gasteiger partial charge in [-0.05, 0) is 37.8 Å². The number of nitrogens with one attached hydrogen (secondary N) is 1. The molecule has 1 unspecified atom stereocenters. The second-order valence-electron chi connectivity index (χ2n) is 7.89. The Bertz CT molecular complexity index is 796. The number of piperidine rings is 1. The smallest absolute Gasteiger partial charge is 0.225 e. The Hall–Kier alpha value is -2.15. The second kappa shape index (κ2) is 6.87. The number of amides is 1. The van der Waals surface area contributed by atoms with Crippen LogP contribution in [-0.2, 0) is 4.79 Å². The molecule has 4 rings (SSSR count). The third-order valence-corrected chi connectivity index (χ3v) is 5.93. The maximum Gasteiger partial charge on any atom is 0.225 e. The Labute approximate surface area is 153 Å². The van der Waals surface area contributed by atoms with Gasteiger partial charge < -0.3 is 15.7 Å². The van der Waals surface area contributed by atoms with E-state index in [1.54, 1.807) is 0 Å². The van der Waals surface area contributed by atoms with Crippen LogP contribution >= 0.6 is 0 Å². The number of nitrogens with two attached hydrogens (primary N) is 1. The van der Waals surface area contributed by atoms with Crippen molar-refractivity contribution in [2.45, 2.75) is 62.9 Å². The van der Waals surface area contributed by atoms with Gasteiger partial charge in [0.2, 0.25) is 5.91 Å². The summed E-state index contributed by atoms with van der Waals surface area (Å²) >= 11 is 0. The number of pyridine rings is 1. The van der Waals surface area contributed by atoms with Gasteiger partial charge in [-0.25, -0.2) is 4.98 Å². The number of hydrogen-bond acceptors (Lipinski definition) is 5. The first-order valence-corrected chi connectivity index (χ1v) is 9.65. The number of aliphatic hydroxyl groups is 1. The minimum absolute atomic E-state index is 0.0733. The first-order chi connectivity index (χ1) is 12.5. The SMILES string of the molecule is Nc1[nH]nc2nc(C3CCCN(C(=O)CC4(O)CCCCC4)C3)ccc12. The molecule has 2 aliphatic rings. The molecule has 1 aliphatic heterocycles. The van der Waals surface area contributed by atoms with Gasteiger partial charge in [0, 0.05) is 24.7 Å². The maximum absolute atomic E-state index is 12.8. The maximum atomic E-state index is 12.8. The van der Waals surface area contributed by atoms with Gasteiger partial charge in [-0.2, -0.15) is 5.10 Å². The highest BCUT2D eigenvalue weighted by molar-refractivity contribution is 5.85. The minimum atomic E-state index is -0.800. The Morgan fingerprint density at radius 3 is 2.92 bits per heavy atom. The van der Waals surface area contributed by atoms with Gasteiger partial charge in [0.05, 0.1) is 17.4 Å². The van der Waals surface area contributed by atoms with E-state index in [1.165, 1.54) is 0 Å². The van der Waals surface area contributed by atoms with Crippen molar-refractivity contribution in [2.75, 3.05) is 18.8 Å². The van der Waals surface area contributed by atoms with E-state index in [1.807, 2.05) is 17.0 Å². The van der Waals surface area contributed by atoms with E-state index in [2.05, 4.69) is 15.2 Å². The topological polar surface area (TPSA) is 108 Å². The van der Waals surface area contributed by atoms with Crippen molar-refractivity contribution >= 4 is 22.8 Å². The number of nitrogens with zero attached hydrogens (tertiary/aromatic N) is 3. The van der Waals surface area contributed by atoms with Crippen molar-refractivity contribution in [2.24, 2.45) is 0 Å². The van der Waals surface area contributed by atoms with E-state index in [0.29, 0.717) is 18.0 Å². The van der Waals surface area contributed by atoms with Crippen molar-refractivity contribution in [3.63, 3.8) is 0 Å². The van der Waals surface area contributed by atoms with Crippen LogP contribution in [0.25, 0.3) is 11.0 Å². The third-order valence-electron chi connectivity index (χ3n) is 5.93. The normalized spacial score (nSPS) is 23.3. The Morgan fingerprint density at radius 2 is 2.12 bits per heavy atom. The number of likely N-dealkylation sites (tertiary alicyclic amines) is 1. The van der Waals surface area contributed by atoms with Crippen LogP contribution in [0, 0.1) is 0 Å². The van der Waals surface area contributed by atoms with Gasteiger partial charge in [0.15, 0.2) is 5.65 Å². The predicted molar refractivity (Wildman–Crippen MR) is 99.5 cm³/mol. The number of rotatable bonds is 3. The van der Waals surface area contributed by atoms with Crippen LogP contribution in [0.2, 0.25) is 0 Å². The molecule has 140 valence electrons. The average Bonchev–Trinajstić information content (AvgIpc) is 3.02. The molecule has 0 aromatic carbocycles. The summed E-state index contributed by atoms with van der Waals surface area (Å²) in [6, 6.07) is 3.93. The largest absolute Gasteiger partial charge is 0.389 e. The van der Waals surface area contributed by atoms with Crippen LogP contribution in [-0.4, -0.2) is 49.8 Å². The molecule has 1 amide bonds. The molecular weight excluding hydrogens is 330 g/mol. The highest BCUT2D eigenvalue weighted by atomic mass is 16.3. The molecule has 0 bridgehead atoms. The van der Waals surface area contributed by atoms with E-state index < -0.39 is 5.60 Å². The van der Waals surface area contributed by atoms with Crippen molar-refractivity contribution in [3.05, 3.63) is 17.8 Å². The number of nitrogen functional groups attached to an aromatic ring is 1. The predicted octanol–water partition coefficient (Wildman–Crippen LogP) is 2.33. The van der Waals surface area contributed by atoms with Gasteiger partial charge in [-0.1, -0.05) is 19.3 Å². The highest BCUT2D eigenvalue weighted by Gasteiger charge is 2.35. The summed E-state index contributed by atoms with van der Waals surface area (Å²) < 4.78 is 0. The Balaban J connectivity index is 1.45. The van der Waals surface area contributed by atoms with Crippen LogP contribution in [0.1, 0.15) is 63.0 Å². The fraction of sp³-hybridized carbons (Fsp3) is 0.632. The van der Waals surface area contributed by atoms with Gasteiger partial charge in [-0.3, -0.25) is 9.89 Å². The van der Waals surface area contributed by atoms with E-state index in [9.17, 15) is 9.90 Å². The summed E-state index contributed by atoms with van der Waals surface area (Å²) in [6.07, 6.45) is 6.90. The van der Waals surface area contributed by atoms with Gasteiger partial charge in [0.25, 0.3) is 0 Å². The average molecular weight is 357 g/mol. The molecule has 7 nitrogen and oxygen atoms in total. The van der Waals surface area contributed by atoms with Crippen LogP contribution in [0.3, 0.4) is 0 Å². The number of hydrogen-bond donors (Lipinski definition) is 3. The standard InChI is InChI=1S/C19H27N5O2/c20-17-14-6-7-15(21-18(14)23-22-17)13-5-4-10-24(12-13)16(25)11-19(26)8-2-1-3-9-19/h6-7,13,26H,1-5,8-12H2,(H3,20,21,22,23). The number of fused-ring (bicyclic) bond motifs is 1. The first kappa shape index (κ1) is 17.3. The van der Waals surface area contributed by atoms with Crippen LogP contribution in [0.5, 0.6) is 0 Å². The monoisotopic (exact) mass is 357 g/mol. The molecule has 2 aromatic rings. The zero-order valence-electron chi connectivity index (χ0n) is 15.1. The highest BCUT2D eigenvalue weighted by Crippen LogP contribution is 2.33. The molecule has 7 heteroatoms. The van der Waals surface area contributed by atoms with Crippen LogP contribution in [0.15, 0.2) is 12.1 Å². The molecule has 0 radical (unpaired) electrons. The first-order valence-electron chi connectivity index (χ1n) is 9.65. The second-order valence-corrected chi connectivity index (χ2v) is 7.89. The van der Waals surface area contributed by atoms with Crippen molar-refractivity contribution < 1.29 is 9.90 Å². The molecule has 1 saturated carbocycles. The van der Waals surface area contributed by atoms with Gasteiger partial charge >= 0.3 is 0 Å². The van der Waals surface area contributed by atoms with Crippen molar-refractivity contribution in [1.82, 2.24) is 20.1 Å². The van der Waals surface area contributed by atoms with Crippen molar-refractivity contribution in [1.29, 1.82) is 0 Å². The van der Waals surface area contributed by atoms with Gasteiger partial charge in [-0.15, -0.1) is 0 Å². The number of H-pyrrole nitrogens is 1. The lowest BCUT2D eigenvalue weighted by Gasteiger charge is -2.37.